The molecule has 1 atom stereocenters. The van der Waals surface area contributed by atoms with E-state index in [4.69, 9.17) is 14.8 Å². The van der Waals surface area contributed by atoms with Gasteiger partial charge in [-0.25, -0.2) is 0 Å². The van der Waals surface area contributed by atoms with Crippen molar-refractivity contribution in [1.29, 1.82) is 0 Å². The quantitative estimate of drug-likeness (QED) is 0.497. The van der Waals surface area contributed by atoms with Crippen molar-refractivity contribution in [2.24, 2.45) is 0 Å². The van der Waals surface area contributed by atoms with Crippen LogP contribution >= 0.6 is 0 Å². The summed E-state index contributed by atoms with van der Waals surface area (Å²) in [7, 11) is -0.114. The number of rotatable bonds is 8. The second kappa shape index (κ2) is 9.55. The van der Waals surface area contributed by atoms with Gasteiger partial charge < -0.3 is 25.4 Å². The normalized spacial score (nSPS) is 11.3. The van der Waals surface area contributed by atoms with Crippen LogP contribution in [0.15, 0.2) is 48.8 Å². The van der Waals surface area contributed by atoms with E-state index < -0.39 is 19.1 Å². The van der Waals surface area contributed by atoms with E-state index in [9.17, 15) is 9.59 Å². The number of hydrogen-bond acceptors (Lipinski definition) is 6. The molecule has 0 bridgehead atoms. The van der Waals surface area contributed by atoms with Gasteiger partial charge in [0, 0.05) is 12.4 Å². The predicted molar refractivity (Wildman–Crippen MR) is 95.3 cm³/mol. The van der Waals surface area contributed by atoms with Crippen LogP contribution in [-0.4, -0.2) is 47.5 Å². The molecule has 1 aromatic heterocycles. The Hall–Kier alpha value is -2.91. The fourth-order valence-electron chi connectivity index (χ4n) is 2.31. The van der Waals surface area contributed by atoms with Gasteiger partial charge in [-0.3, -0.25) is 14.6 Å². The van der Waals surface area contributed by atoms with Crippen molar-refractivity contribution in [2.75, 3.05) is 13.6 Å². The second-order valence-electron chi connectivity index (χ2n) is 5.53. The Kier molecular flexibility index (Phi) is 7.13. The number of aromatic nitrogens is 1. The molecule has 0 aliphatic carbocycles. The molecule has 0 aliphatic rings. The van der Waals surface area contributed by atoms with Gasteiger partial charge in [0.1, 0.15) is 5.75 Å². The van der Waals surface area contributed by atoms with Crippen LogP contribution < -0.4 is 15.4 Å². The zero-order valence-electron chi connectivity index (χ0n) is 14.3. The minimum Gasteiger partial charge on any atom is -0.497 e. The van der Waals surface area contributed by atoms with Gasteiger partial charge in [0.25, 0.3) is 5.91 Å². The van der Waals surface area contributed by atoms with Gasteiger partial charge in [-0.1, -0.05) is 12.1 Å². The zero-order valence-corrected chi connectivity index (χ0v) is 14.3. The number of carbonyl (C=O) groups excluding carboxylic acids is 2. The first-order valence-corrected chi connectivity index (χ1v) is 7.97. The van der Waals surface area contributed by atoms with E-state index in [0.717, 1.165) is 0 Å². The Morgan fingerprint density at radius 1 is 1.27 bits per heavy atom. The van der Waals surface area contributed by atoms with E-state index in [1.165, 1.54) is 13.3 Å². The largest absolute Gasteiger partial charge is 0.497 e. The minimum absolute atomic E-state index is 0.0775. The summed E-state index contributed by atoms with van der Waals surface area (Å²) in [6, 6.07) is 9.64. The summed E-state index contributed by atoms with van der Waals surface area (Å²) < 4.78 is 5.19. The Bertz CT molecular complexity index is 742. The van der Waals surface area contributed by atoms with Gasteiger partial charge in [0.15, 0.2) is 0 Å². The molecule has 0 fully saturated rings. The Labute approximate surface area is 151 Å². The number of ether oxygens (including phenoxy) is 1. The first-order valence-electron chi connectivity index (χ1n) is 7.97. The SMILES string of the molecule is COc1cccc(C(CC(=O)NCB(O)O)NC(=O)c2cccnc2)c1. The fourth-order valence-corrected chi connectivity index (χ4v) is 2.31. The molecule has 2 amide bonds. The van der Waals surface area contributed by atoms with Gasteiger partial charge in [-0.05, 0) is 29.8 Å². The number of hydrogen-bond donors (Lipinski definition) is 4. The molecule has 1 aromatic carbocycles. The van der Waals surface area contributed by atoms with Crippen LogP contribution in [0, 0.1) is 0 Å². The molecule has 136 valence electrons. The third-order valence-corrected chi connectivity index (χ3v) is 3.60. The number of nitrogens with zero attached hydrogens (tertiary/aromatic N) is 1. The molecule has 0 aliphatic heterocycles. The van der Waals surface area contributed by atoms with Gasteiger partial charge in [0.05, 0.1) is 31.6 Å². The van der Waals surface area contributed by atoms with Gasteiger partial charge in [-0.2, -0.15) is 0 Å². The lowest BCUT2D eigenvalue weighted by atomic mass is 9.92. The molecular weight excluding hydrogens is 337 g/mol. The molecule has 1 heterocycles. The highest BCUT2D eigenvalue weighted by atomic mass is 16.5. The van der Waals surface area contributed by atoms with Crippen molar-refractivity contribution in [2.45, 2.75) is 12.5 Å². The third-order valence-electron chi connectivity index (χ3n) is 3.60. The highest BCUT2D eigenvalue weighted by Gasteiger charge is 2.21. The minimum atomic E-state index is -1.64. The average Bonchev–Trinajstić information content (AvgIpc) is 2.66. The first kappa shape index (κ1) is 19.4. The van der Waals surface area contributed by atoms with E-state index in [1.54, 1.807) is 42.6 Å². The topological polar surface area (TPSA) is 121 Å². The van der Waals surface area contributed by atoms with Crippen LogP contribution in [0.3, 0.4) is 0 Å². The summed E-state index contributed by atoms with van der Waals surface area (Å²) in [5.74, 6) is -0.215. The molecule has 0 saturated heterocycles. The van der Waals surface area contributed by atoms with Crippen LogP contribution in [0.1, 0.15) is 28.4 Å². The van der Waals surface area contributed by atoms with Crippen LogP contribution in [0.2, 0.25) is 0 Å². The van der Waals surface area contributed by atoms with E-state index in [0.29, 0.717) is 16.9 Å². The lowest BCUT2D eigenvalue weighted by Gasteiger charge is -2.19. The van der Waals surface area contributed by atoms with E-state index in [1.807, 2.05) is 0 Å². The van der Waals surface area contributed by atoms with Crippen LogP contribution in [0.4, 0.5) is 0 Å². The molecule has 1 unspecified atom stereocenters. The molecular formula is C17H20BN3O5. The average molecular weight is 357 g/mol. The van der Waals surface area contributed by atoms with Crippen molar-refractivity contribution in [3.8, 4) is 5.75 Å². The van der Waals surface area contributed by atoms with Gasteiger partial charge in [0.2, 0.25) is 5.91 Å². The predicted octanol–water partition coefficient (Wildman–Crippen LogP) is 0.0796. The summed E-state index contributed by atoms with van der Waals surface area (Å²) in [6.07, 6.45) is 2.62. The van der Waals surface area contributed by atoms with Crippen molar-refractivity contribution < 1.29 is 24.4 Å². The molecule has 2 aromatic rings. The summed E-state index contributed by atoms with van der Waals surface area (Å²) in [6.45, 7) is 0. The van der Waals surface area contributed by atoms with Gasteiger partial charge >= 0.3 is 7.12 Å². The summed E-state index contributed by atoms with van der Waals surface area (Å²) in [5, 5.41) is 22.9. The van der Waals surface area contributed by atoms with Crippen molar-refractivity contribution in [3.05, 3.63) is 59.9 Å². The van der Waals surface area contributed by atoms with Gasteiger partial charge in [-0.15, -0.1) is 0 Å². The zero-order chi connectivity index (χ0) is 18.9. The van der Waals surface area contributed by atoms with Crippen LogP contribution in [0.5, 0.6) is 5.75 Å². The molecule has 0 spiro atoms. The lowest BCUT2D eigenvalue weighted by molar-refractivity contribution is -0.121. The van der Waals surface area contributed by atoms with E-state index in [2.05, 4.69) is 15.6 Å². The molecule has 9 heteroatoms. The summed E-state index contributed by atoms with van der Waals surface area (Å²) in [5.41, 5.74) is 1.05. The number of carbonyl (C=O) groups is 2. The van der Waals surface area contributed by atoms with Crippen LogP contribution in [-0.2, 0) is 4.79 Å². The van der Waals surface area contributed by atoms with Crippen molar-refractivity contribution in [1.82, 2.24) is 15.6 Å². The molecule has 8 nitrogen and oxygen atoms in total. The smallest absolute Gasteiger partial charge is 0.472 e. The van der Waals surface area contributed by atoms with E-state index >= 15 is 0 Å². The number of amides is 2. The highest BCUT2D eigenvalue weighted by molar-refractivity contribution is 6.41. The van der Waals surface area contributed by atoms with Crippen LogP contribution in [0.25, 0.3) is 0 Å². The molecule has 4 N–H and O–H groups in total. The molecule has 2 rings (SSSR count). The Balaban J connectivity index is 2.17. The number of benzene rings is 1. The second-order valence-corrected chi connectivity index (χ2v) is 5.53. The van der Waals surface area contributed by atoms with Crippen molar-refractivity contribution in [3.63, 3.8) is 0 Å². The number of methoxy groups -OCH3 is 1. The molecule has 0 radical (unpaired) electrons. The molecule has 0 saturated carbocycles. The molecule has 26 heavy (non-hydrogen) atoms. The monoisotopic (exact) mass is 357 g/mol. The van der Waals surface area contributed by atoms with E-state index in [-0.39, 0.29) is 18.8 Å². The Morgan fingerprint density at radius 2 is 2.08 bits per heavy atom. The first-order chi connectivity index (χ1) is 12.5. The maximum absolute atomic E-state index is 12.4. The Morgan fingerprint density at radius 3 is 2.73 bits per heavy atom. The highest BCUT2D eigenvalue weighted by Crippen LogP contribution is 2.22. The summed E-state index contributed by atoms with van der Waals surface area (Å²) in [4.78, 5) is 28.4. The maximum Gasteiger partial charge on any atom is 0.472 e. The maximum atomic E-state index is 12.4. The van der Waals surface area contributed by atoms with Crippen molar-refractivity contribution >= 4 is 18.9 Å². The fraction of sp³-hybridized carbons (Fsp3) is 0.235. The number of nitrogens with one attached hydrogen (secondary N) is 2. The lowest BCUT2D eigenvalue weighted by Crippen LogP contribution is -2.38. The number of pyridine rings is 1. The summed E-state index contributed by atoms with van der Waals surface area (Å²) >= 11 is 0. The third kappa shape index (κ3) is 5.87. The standard InChI is InChI=1S/C17H20BN3O5/c1-26-14-6-2-4-12(8-14)15(9-16(22)20-11-18(24)25)21-17(23)13-5-3-7-19-10-13/h2-8,10,15,24-25H,9,11H2,1H3,(H,20,22)(H,21,23).